The summed E-state index contributed by atoms with van der Waals surface area (Å²) in [5, 5.41) is 4.71. The third-order valence-electron chi connectivity index (χ3n) is 5.22. The summed E-state index contributed by atoms with van der Waals surface area (Å²) in [5.74, 6) is -0.535. The van der Waals surface area contributed by atoms with Gasteiger partial charge in [-0.2, -0.15) is 0 Å². The number of fused-ring (bicyclic) bond motifs is 1. The van der Waals surface area contributed by atoms with Crippen LogP contribution in [0.1, 0.15) is 26.4 Å². The molecule has 2 aromatic heterocycles. The molecule has 0 aliphatic rings. The molecule has 0 fully saturated rings. The zero-order valence-electron chi connectivity index (χ0n) is 18.3. The Balaban J connectivity index is 1.56. The molecule has 0 saturated carbocycles. The van der Waals surface area contributed by atoms with Crippen molar-refractivity contribution in [3.63, 3.8) is 0 Å². The summed E-state index contributed by atoms with van der Waals surface area (Å²) < 4.78 is 6.97. The zero-order chi connectivity index (χ0) is 23.5. The second-order valence-electron chi connectivity index (χ2n) is 7.41. The van der Waals surface area contributed by atoms with Gasteiger partial charge in [0.2, 0.25) is 5.91 Å². The van der Waals surface area contributed by atoms with Crippen molar-refractivity contribution in [1.29, 1.82) is 0 Å². The van der Waals surface area contributed by atoms with Crippen LogP contribution in [0.5, 0.6) is 0 Å². The average molecular weight is 500 g/mol. The van der Waals surface area contributed by atoms with Crippen LogP contribution in [-0.4, -0.2) is 34.3 Å². The Morgan fingerprint density at radius 1 is 1.18 bits per heavy atom. The van der Waals surface area contributed by atoms with Gasteiger partial charge in [-0.15, -0.1) is 11.3 Å². The quantitative estimate of drug-likeness (QED) is 0.252. The van der Waals surface area contributed by atoms with Gasteiger partial charge >= 0.3 is 5.97 Å². The fraction of sp³-hybridized carbons (Fsp3) is 0.208. The normalized spacial score (nSPS) is 11.0. The number of ether oxygens (including phenoxy) is 1. The topological polar surface area (TPSA) is 73.2 Å². The Bertz CT molecular complexity index is 1330. The fourth-order valence-electron chi connectivity index (χ4n) is 3.47. The molecule has 1 N–H and O–H groups in total. The van der Waals surface area contributed by atoms with Crippen molar-refractivity contribution < 1.29 is 14.3 Å². The highest BCUT2D eigenvalue weighted by Gasteiger charge is 2.22. The number of anilines is 1. The van der Waals surface area contributed by atoms with Crippen LogP contribution >= 0.6 is 34.7 Å². The van der Waals surface area contributed by atoms with E-state index < -0.39 is 5.97 Å². The maximum absolute atomic E-state index is 12.8. The molecule has 0 aliphatic carbocycles. The number of hydrogen-bond donors (Lipinski definition) is 1. The number of thioether (sulfide) groups is 1. The standard InChI is InChI=1S/C24H22ClN3O3S2/c1-14-15(2)33-22(21(14)23(30)31-3)27-20(29)13-32-24-26-18-11-17(25)9-10-19(18)28(24)12-16-7-5-4-6-8-16/h4-11H,12-13H2,1-3H3,(H,27,29). The molecule has 0 spiro atoms. The molecule has 170 valence electrons. The van der Waals surface area contributed by atoms with Gasteiger partial charge in [-0.05, 0) is 43.2 Å². The highest BCUT2D eigenvalue weighted by Crippen LogP contribution is 2.33. The second-order valence-corrected chi connectivity index (χ2v) is 10.0. The minimum Gasteiger partial charge on any atom is -0.465 e. The van der Waals surface area contributed by atoms with E-state index in [-0.39, 0.29) is 11.7 Å². The van der Waals surface area contributed by atoms with E-state index in [9.17, 15) is 9.59 Å². The van der Waals surface area contributed by atoms with Crippen LogP contribution in [0.3, 0.4) is 0 Å². The van der Waals surface area contributed by atoms with Crippen LogP contribution in [-0.2, 0) is 16.1 Å². The van der Waals surface area contributed by atoms with Crippen molar-refractivity contribution in [2.75, 3.05) is 18.2 Å². The van der Waals surface area contributed by atoms with E-state index in [2.05, 4.69) is 22.0 Å². The molecule has 0 unspecified atom stereocenters. The molecular weight excluding hydrogens is 478 g/mol. The van der Waals surface area contributed by atoms with Crippen LogP contribution in [0.15, 0.2) is 53.7 Å². The predicted octanol–water partition coefficient (Wildman–Crippen LogP) is 5.93. The zero-order valence-corrected chi connectivity index (χ0v) is 20.7. The van der Waals surface area contributed by atoms with Crippen molar-refractivity contribution in [2.24, 2.45) is 0 Å². The number of methoxy groups -OCH3 is 1. The molecule has 0 bridgehead atoms. The number of aromatic nitrogens is 2. The number of aryl methyl sites for hydroxylation is 1. The van der Waals surface area contributed by atoms with E-state index in [1.807, 2.05) is 50.2 Å². The molecule has 0 atom stereocenters. The molecule has 6 nitrogen and oxygen atoms in total. The number of benzene rings is 2. The van der Waals surface area contributed by atoms with Gasteiger partial charge in [-0.1, -0.05) is 53.7 Å². The van der Waals surface area contributed by atoms with Gasteiger partial charge in [-0.3, -0.25) is 4.79 Å². The van der Waals surface area contributed by atoms with Gasteiger partial charge in [0.1, 0.15) is 5.00 Å². The van der Waals surface area contributed by atoms with Gasteiger partial charge in [0.05, 0.1) is 36.0 Å². The first-order valence-electron chi connectivity index (χ1n) is 10.2. The number of esters is 1. The molecule has 4 rings (SSSR count). The van der Waals surface area contributed by atoms with Crippen LogP contribution in [0.4, 0.5) is 5.00 Å². The minimum atomic E-state index is -0.457. The highest BCUT2D eigenvalue weighted by atomic mass is 35.5. The SMILES string of the molecule is COC(=O)c1c(NC(=O)CSc2nc3cc(Cl)ccc3n2Cc2ccccc2)sc(C)c1C. The third-order valence-corrected chi connectivity index (χ3v) is 7.55. The van der Waals surface area contributed by atoms with E-state index in [0.29, 0.717) is 22.1 Å². The Morgan fingerprint density at radius 3 is 2.67 bits per heavy atom. The summed E-state index contributed by atoms with van der Waals surface area (Å²) in [4.78, 5) is 30.6. The number of imidazole rings is 1. The summed E-state index contributed by atoms with van der Waals surface area (Å²) >= 11 is 8.88. The highest BCUT2D eigenvalue weighted by molar-refractivity contribution is 7.99. The summed E-state index contributed by atoms with van der Waals surface area (Å²) in [5.41, 5.74) is 4.08. The first-order valence-corrected chi connectivity index (χ1v) is 12.4. The molecule has 2 heterocycles. The number of thiophene rings is 1. The first-order chi connectivity index (χ1) is 15.9. The van der Waals surface area contributed by atoms with Crippen molar-refractivity contribution >= 4 is 62.6 Å². The molecule has 0 aliphatic heterocycles. The lowest BCUT2D eigenvalue weighted by atomic mass is 10.1. The first kappa shape index (κ1) is 23.4. The van der Waals surface area contributed by atoms with Crippen LogP contribution in [0, 0.1) is 13.8 Å². The van der Waals surface area contributed by atoms with Crippen LogP contribution in [0.2, 0.25) is 5.02 Å². The Morgan fingerprint density at radius 2 is 1.94 bits per heavy atom. The average Bonchev–Trinajstić information content (AvgIpc) is 3.28. The smallest absolute Gasteiger partial charge is 0.341 e. The molecule has 2 aromatic carbocycles. The number of carbonyl (C=O) groups excluding carboxylic acids is 2. The third kappa shape index (κ3) is 5.08. The molecule has 0 saturated heterocycles. The number of nitrogens with zero attached hydrogens (tertiary/aromatic N) is 2. The largest absolute Gasteiger partial charge is 0.465 e. The summed E-state index contributed by atoms with van der Waals surface area (Å²) in [7, 11) is 1.33. The number of amides is 1. The maximum Gasteiger partial charge on any atom is 0.341 e. The van der Waals surface area contributed by atoms with Gasteiger partial charge in [0, 0.05) is 9.90 Å². The lowest BCUT2D eigenvalue weighted by Crippen LogP contribution is -2.16. The van der Waals surface area contributed by atoms with Crippen molar-refractivity contribution in [3.8, 4) is 0 Å². The van der Waals surface area contributed by atoms with Crippen LogP contribution < -0.4 is 5.32 Å². The van der Waals surface area contributed by atoms with Gasteiger partial charge in [-0.25, -0.2) is 9.78 Å². The Kier molecular flexibility index (Phi) is 7.07. The monoisotopic (exact) mass is 499 g/mol. The van der Waals surface area contributed by atoms with E-state index >= 15 is 0 Å². The van der Waals surface area contributed by atoms with Crippen molar-refractivity contribution in [3.05, 3.63) is 75.1 Å². The predicted molar refractivity (Wildman–Crippen MR) is 135 cm³/mol. The van der Waals surface area contributed by atoms with Crippen LogP contribution in [0.25, 0.3) is 11.0 Å². The summed E-state index contributed by atoms with van der Waals surface area (Å²) in [6.45, 7) is 4.38. The molecule has 33 heavy (non-hydrogen) atoms. The lowest BCUT2D eigenvalue weighted by Gasteiger charge is -2.10. The van der Waals surface area contributed by atoms with E-state index in [4.69, 9.17) is 21.3 Å². The number of halogens is 1. The van der Waals surface area contributed by atoms with Gasteiger partial charge in [0.25, 0.3) is 0 Å². The van der Waals surface area contributed by atoms with Gasteiger partial charge in [0.15, 0.2) is 5.16 Å². The molecule has 1 amide bonds. The minimum absolute atomic E-state index is 0.141. The molecule has 0 radical (unpaired) electrons. The van der Waals surface area contributed by atoms with E-state index in [1.54, 1.807) is 0 Å². The van der Waals surface area contributed by atoms with Gasteiger partial charge < -0.3 is 14.6 Å². The molecular formula is C24H22ClN3O3S2. The fourth-order valence-corrected chi connectivity index (χ4v) is 5.51. The number of carbonyl (C=O) groups is 2. The lowest BCUT2D eigenvalue weighted by molar-refractivity contribution is -0.113. The van der Waals surface area contributed by atoms with E-state index in [0.717, 1.165) is 32.2 Å². The number of rotatable bonds is 7. The number of nitrogens with one attached hydrogen (secondary N) is 1. The maximum atomic E-state index is 12.8. The second kappa shape index (κ2) is 9.99. The van der Waals surface area contributed by atoms with Crippen molar-refractivity contribution in [1.82, 2.24) is 9.55 Å². The summed E-state index contributed by atoms with van der Waals surface area (Å²) in [6.07, 6.45) is 0. The Labute approximate surface area is 204 Å². The number of hydrogen-bond acceptors (Lipinski definition) is 6. The van der Waals surface area contributed by atoms with E-state index in [1.165, 1.54) is 30.2 Å². The van der Waals surface area contributed by atoms with Crippen molar-refractivity contribution in [2.45, 2.75) is 25.5 Å². The molecule has 4 aromatic rings. The summed E-state index contributed by atoms with van der Waals surface area (Å²) in [6, 6.07) is 15.7. The Hall–Kier alpha value is -2.81. The molecule has 9 heteroatoms.